The Hall–Kier alpha value is -2.93. The number of ether oxygens (including phenoxy) is 1. The van der Waals surface area contributed by atoms with E-state index in [1.54, 1.807) is 6.92 Å². The fourth-order valence-electron chi connectivity index (χ4n) is 5.99. The van der Waals surface area contributed by atoms with Crippen LogP contribution in [0, 0.1) is 0 Å². The zero-order valence-electron chi connectivity index (χ0n) is 23.6. The van der Waals surface area contributed by atoms with E-state index in [0.717, 1.165) is 33.9 Å². The topological polar surface area (TPSA) is 119 Å². The maximum Gasteiger partial charge on any atom is 0.302 e. The lowest BCUT2D eigenvalue weighted by Gasteiger charge is -2.38. The lowest BCUT2D eigenvalue weighted by atomic mass is 9.92. The summed E-state index contributed by atoms with van der Waals surface area (Å²) in [7, 11) is -4.61. The van der Waals surface area contributed by atoms with E-state index >= 15 is 0 Å². The number of esters is 1. The van der Waals surface area contributed by atoms with Gasteiger partial charge in [0.1, 0.15) is 11.6 Å². The number of fused-ring (bicyclic) bond motifs is 1. The lowest BCUT2D eigenvalue weighted by Crippen LogP contribution is -2.52. The van der Waals surface area contributed by atoms with Gasteiger partial charge in [-0.2, -0.15) is 8.42 Å². The van der Waals surface area contributed by atoms with Crippen LogP contribution in [-0.2, 0) is 41.1 Å². The Labute approximate surface area is 268 Å². The third kappa shape index (κ3) is 5.82. The number of hydrogen-bond donors (Lipinski definition) is 0. The minimum atomic E-state index is -4.61. The zero-order chi connectivity index (χ0) is 31.3. The average molecular weight is 712 g/mol. The van der Waals surface area contributed by atoms with Gasteiger partial charge >= 0.3 is 5.97 Å². The Bertz CT molecular complexity index is 1690. The Kier molecular flexibility index (Phi) is 8.69. The van der Waals surface area contributed by atoms with E-state index < -0.39 is 45.5 Å². The van der Waals surface area contributed by atoms with Crippen molar-refractivity contribution < 1.29 is 27.5 Å². The van der Waals surface area contributed by atoms with Crippen LogP contribution in [0.15, 0.2) is 58.2 Å². The highest BCUT2D eigenvalue weighted by Crippen LogP contribution is 2.45. The summed E-state index contributed by atoms with van der Waals surface area (Å²) < 4.78 is 37.4. The Morgan fingerprint density at radius 3 is 2.33 bits per heavy atom. The fourth-order valence-corrected chi connectivity index (χ4v) is 8.61. The minimum absolute atomic E-state index is 0.0326. The molecule has 2 amide bonds. The number of anilines is 2. The zero-order valence-corrected chi connectivity index (χ0v) is 27.5. The molecule has 14 heteroatoms. The number of imidazole rings is 1. The van der Waals surface area contributed by atoms with E-state index in [2.05, 4.69) is 20.9 Å². The predicted octanol–water partition coefficient (Wildman–Crippen LogP) is 6.00. The average Bonchev–Trinajstić information content (AvgIpc) is 3.44. The van der Waals surface area contributed by atoms with Crippen LogP contribution in [0.2, 0.25) is 10.0 Å². The van der Waals surface area contributed by atoms with Gasteiger partial charge < -0.3 is 4.74 Å². The Morgan fingerprint density at radius 2 is 1.72 bits per heavy atom. The van der Waals surface area contributed by atoms with Gasteiger partial charge in [-0.05, 0) is 62.1 Å². The largest absolute Gasteiger partial charge is 0.460 e. The van der Waals surface area contributed by atoms with Crippen molar-refractivity contribution in [2.24, 2.45) is 0 Å². The molecule has 1 aliphatic carbocycles. The number of rotatable bonds is 7. The van der Waals surface area contributed by atoms with Crippen LogP contribution in [0.1, 0.15) is 52.0 Å². The second kappa shape index (κ2) is 11.9. The molecule has 1 aromatic heterocycles. The van der Waals surface area contributed by atoms with Gasteiger partial charge in [0.2, 0.25) is 11.9 Å². The number of amides is 2. The number of hydrogen-bond acceptors (Lipinski definition) is 7. The van der Waals surface area contributed by atoms with Crippen LogP contribution in [0.4, 0.5) is 11.6 Å². The van der Waals surface area contributed by atoms with Crippen molar-refractivity contribution >= 4 is 78.6 Å². The van der Waals surface area contributed by atoms with Gasteiger partial charge in [0.05, 0.1) is 17.9 Å². The van der Waals surface area contributed by atoms with Crippen LogP contribution in [0.25, 0.3) is 0 Å². The van der Waals surface area contributed by atoms with Crippen LogP contribution in [0.3, 0.4) is 0 Å². The molecule has 10 nitrogen and oxygen atoms in total. The van der Waals surface area contributed by atoms with Crippen molar-refractivity contribution in [3.63, 3.8) is 0 Å². The van der Waals surface area contributed by atoms with E-state index in [9.17, 15) is 22.8 Å². The summed E-state index contributed by atoms with van der Waals surface area (Å²) in [6.45, 7) is 4.04. The highest BCUT2D eigenvalue weighted by molar-refractivity contribution is 9.10. The van der Waals surface area contributed by atoms with Crippen molar-refractivity contribution in [3.8, 4) is 0 Å². The molecule has 3 atom stereocenters. The quantitative estimate of drug-likeness (QED) is 0.276. The first kappa shape index (κ1) is 31.5. The molecule has 43 heavy (non-hydrogen) atoms. The fraction of sp³-hybridized carbons (Fsp3) is 0.379. The second-order valence-corrected chi connectivity index (χ2v) is 14.4. The molecule has 0 bridgehead atoms. The van der Waals surface area contributed by atoms with Gasteiger partial charge in [-0.15, -0.1) is 0 Å². The molecule has 0 N–H and O–H groups in total. The number of nitrogens with zero attached hydrogens (tertiary/aromatic N) is 4. The van der Waals surface area contributed by atoms with Gasteiger partial charge in [0.15, 0.2) is 5.03 Å². The van der Waals surface area contributed by atoms with Crippen molar-refractivity contribution in [2.45, 2.75) is 75.6 Å². The molecule has 0 saturated heterocycles. The van der Waals surface area contributed by atoms with Crippen molar-refractivity contribution in [3.05, 3.63) is 68.7 Å². The molecular weight excluding hydrogens is 683 g/mol. The summed E-state index contributed by atoms with van der Waals surface area (Å²) in [4.78, 5) is 45.0. The molecule has 0 radical (unpaired) electrons. The van der Waals surface area contributed by atoms with Gasteiger partial charge in [-0.25, -0.2) is 14.2 Å². The smallest absolute Gasteiger partial charge is 0.302 e. The van der Waals surface area contributed by atoms with Crippen LogP contribution in [0.5, 0.6) is 0 Å². The third-order valence-electron chi connectivity index (χ3n) is 7.76. The number of halogens is 3. The van der Waals surface area contributed by atoms with Gasteiger partial charge in [-0.3, -0.25) is 19.0 Å². The minimum Gasteiger partial charge on any atom is -0.460 e. The molecular formula is C29H29BrCl2N4O6S. The van der Waals surface area contributed by atoms with E-state index in [0.29, 0.717) is 24.9 Å². The first-order valence-electron chi connectivity index (χ1n) is 13.6. The monoisotopic (exact) mass is 710 g/mol. The van der Waals surface area contributed by atoms with E-state index in [1.165, 1.54) is 34.6 Å². The summed E-state index contributed by atoms with van der Waals surface area (Å²) in [5, 5.41) is 0.215. The predicted molar refractivity (Wildman–Crippen MR) is 165 cm³/mol. The molecule has 228 valence electrons. The molecule has 3 aromatic rings. The summed E-state index contributed by atoms with van der Waals surface area (Å²) in [6.07, 6.45) is 2.56. The second-order valence-electron chi connectivity index (χ2n) is 10.9. The highest BCUT2D eigenvalue weighted by Gasteiger charge is 2.53. The van der Waals surface area contributed by atoms with Crippen LogP contribution in [-0.4, -0.2) is 52.2 Å². The number of sulfonamides is 1. The first-order valence-corrected chi connectivity index (χ1v) is 16.6. The Balaban J connectivity index is 1.69. The maximum atomic E-state index is 14.5. The standard InChI is InChI=1S/C29H29BrCl2N4O6S/c1-17(37)36(24-6-4-5-7-25(24)42-18(2)38)43(40,41)26-16-33-28-34(23-13-21(31)12-22(32)14-23)27(39)29(3,35(26)28)15-19-8-10-20(30)11-9-19/h8-14,16,24-25H,4-7,15H2,1-3H3/t24-,25-,29-/m1/s1. The first-order chi connectivity index (χ1) is 20.2. The van der Waals surface area contributed by atoms with E-state index in [-0.39, 0.29) is 27.4 Å². The summed E-state index contributed by atoms with van der Waals surface area (Å²) in [6, 6.07) is 11.0. The summed E-state index contributed by atoms with van der Waals surface area (Å²) in [5.74, 6) is -1.73. The summed E-state index contributed by atoms with van der Waals surface area (Å²) >= 11 is 16.0. The molecule has 1 aliphatic heterocycles. The molecule has 1 saturated carbocycles. The maximum absolute atomic E-state index is 14.5. The molecule has 2 aromatic carbocycles. The highest BCUT2D eigenvalue weighted by atomic mass is 79.9. The van der Waals surface area contributed by atoms with Crippen molar-refractivity contribution in [2.75, 3.05) is 4.90 Å². The van der Waals surface area contributed by atoms with E-state index in [1.807, 2.05) is 24.3 Å². The number of aromatic nitrogens is 2. The number of carbonyl (C=O) groups is 3. The van der Waals surface area contributed by atoms with Gasteiger partial charge in [0, 0.05) is 34.8 Å². The van der Waals surface area contributed by atoms with Gasteiger partial charge in [0.25, 0.3) is 15.9 Å². The normalized spacial score (nSPS) is 21.9. The molecule has 0 unspecified atom stereocenters. The van der Waals surface area contributed by atoms with E-state index in [4.69, 9.17) is 27.9 Å². The Morgan fingerprint density at radius 1 is 1.09 bits per heavy atom. The molecule has 2 heterocycles. The molecule has 2 aliphatic rings. The lowest BCUT2D eigenvalue weighted by molar-refractivity contribution is -0.152. The summed E-state index contributed by atoms with van der Waals surface area (Å²) in [5.41, 5.74) is -0.414. The van der Waals surface area contributed by atoms with Crippen molar-refractivity contribution in [1.82, 2.24) is 13.9 Å². The molecule has 1 fully saturated rings. The van der Waals surface area contributed by atoms with Crippen LogP contribution >= 0.6 is 39.1 Å². The van der Waals surface area contributed by atoms with Crippen LogP contribution < -0.4 is 4.90 Å². The molecule has 0 spiro atoms. The van der Waals surface area contributed by atoms with Gasteiger partial charge in [-0.1, -0.05) is 57.7 Å². The number of carbonyl (C=O) groups excluding carboxylic acids is 3. The third-order valence-corrected chi connectivity index (χ3v) is 10.6. The number of benzene rings is 2. The van der Waals surface area contributed by atoms with Crippen molar-refractivity contribution in [1.29, 1.82) is 0 Å². The SMILES string of the molecule is CC(=O)O[C@@H]1CCCC[C@H]1N(C(C)=O)S(=O)(=O)c1cnc2n1[C@](C)(Cc1ccc(Br)cc1)C(=O)N2c1cc(Cl)cc(Cl)c1. The molecule has 5 rings (SSSR count).